The Balaban J connectivity index is 1.85. The number of rotatable bonds is 5. The number of nitrogens with two attached hydrogens (primary N) is 1. The van der Waals surface area contributed by atoms with Crippen LogP contribution in [0.1, 0.15) is 5.56 Å². The van der Waals surface area contributed by atoms with Crippen molar-refractivity contribution in [3.8, 4) is 0 Å². The van der Waals surface area contributed by atoms with Gasteiger partial charge < -0.3 is 10.6 Å². The second-order valence-electron chi connectivity index (χ2n) is 4.17. The summed E-state index contributed by atoms with van der Waals surface area (Å²) in [5.41, 5.74) is 6.40. The Labute approximate surface area is 125 Å². The van der Waals surface area contributed by atoms with Crippen LogP contribution in [0.4, 0.5) is 5.95 Å². The van der Waals surface area contributed by atoms with E-state index in [0.717, 1.165) is 5.56 Å². The minimum Gasteiger partial charge on any atom is -0.368 e. The molecule has 6 nitrogen and oxygen atoms in total. The van der Waals surface area contributed by atoms with Crippen LogP contribution in [0.25, 0.3) is 0 Å². The lowest BCUT2D eigenvalue weighted by Crippen LogP contribution is -2.27. The number of nitrogen functional groups attached to an aromatic ring is 1. The quantitative estimate of drug-likeness (QED) is 0.822. The molecule has 2 aromatic rings. The number of aromatic nitrogens is 3. The van der Waals surface area contributed by atoms with E-state index in [1.807, 2.05) is 18.2 Å². The summed E-state index contributed by atoms with van der Waals surface area (Å²) in [5.74, 6) is 0.486. The molecule has 0 saturated heterocycles. The molecule has 1 aromatic carbocycles. The van der Waals surface area contributed by atoms with Crippen LogP contribution in [0, 0.1) is 0 Å². The van der Waals surface area contributed by atoms with Crippen LogP contribution < -0.4 is 5.73 Å². The van der Waals surface area contributed by atoms with Gasteiger partial charge in [-0.05, 0) is 17.7 Å². The number of carbonyl (C=O) groups excluding carboxylic acids is 1. The summed E-state index contributed by atoms with van der Waals surface area (Å²) in [4.78, 5) is 17.5. The first-order chi connectivity index (χ1) is 9.54. The monoisotopic (exact) mass is 311 g/mol. The van der Waals surface area contributed by atoms with E-state index in [2.05, 4.69) is 15.2 Å². The van der Waals surface area contributed by atoms with Gasteiger partial charge in [0.1, 0.15) is 0 Å². The molecule has 0 aliphatic carbocycles. The fourth-order valence-corrected chi connectivity index (χ4v) is 2.52. The van der Waals surface area contributed by atoms with Crippen LogP contribution in [-0.4, -0.2) is 38.8 Å². The normalized spacial score (nSPS) is 10.5. The maximum absolute atomic E-state index is 12.0. The van der Waals surface area contributed by atoms with Gasteiger partial charge in [0.25, 0.3) is 0 Å². The van der Waals surface area contributed by atoms with Crippen molar-refractivity contribution < 1.29 is 4.79 Å². The molecule has 1 heterocycles. The van der Waals surface area contributed by atoms with E-state index in [1.54, 1.807) is 18.0 Å². The molecule has 0 radical (unpaired) electrons. The van der Waals surface area contributed by atoms with Crippen LogP contribution in [0.15, 0.2) is 29.4 Å². The van der Waals surface area contributed by atoms with Crippen LogP contribution >= 0.6 is 23.4 Å². The molecule has 20 heavy (non-hydrogen) atoms. The summed E-state index contributed by atoms with van der Waals surface area (Å²) < 4.78 is 0. The molecule has 3 N–H and O–H groups in total. The van der Waals surface area contributed by atoms with Crippen molar-refractivity contribution in [1.82, 2.24) is 20.1 Å². The SMILES string of the molecule is CN(Cc1cccc(Cl)c1)C(=O)CSc1n[nH]c(N)n1. The van der Waals surface area contributed by atoms with Gasteiger partial charge in [0.05, 0.1) is 5.75 Å². The lowest BCUT2D eigenvalue weighted by molar-refractivity contribution is -0.127. The van der Waals surface area contributed by atoms with Crippen molar-refractivity contribution in [1.29, 1.82) is 0 Å². The van der Waals surface area contributed by atoms with E-state index in [1.165, 1.54) is 11.8 Å². The molecule has 106 valence electrons. The Kier molecular flexibility index (Phi) is 4.86. The molecule has 0 aliphatic heterocycles. The third-order valence-corrected chi connectivity index (χ3v) is 3.61. The summed E-state index contributed by atoms with van der Waals surface area (Å²) in [5, 5.41) is 7.51. The molecule has 0 bridgehead atoms. The van der Waals surface area contributed by atoms with Crippen molar-refractivity contribution in [2.75, 3.05) is 18.5 Å². The summed E-state index contributed by atoms with van der Waals surface area (Å²) in [6, 6.07) is 7.44. The Bertz CT molecular complexity index is 603. The Morgan fingerprint density at radius 3 is 3.00 bits per heavy atom. The second-order valence-corrected chi connectivity index (χ2v) is 5.55. The van der Waals surface area contributed by atoms with Gasteiger partial charge in [0.15, 0.2) is 0 Å². The highest BCUT2D eigenvalue weighted by molar-refractivity contribution is 7.99. The maximum Gasteiger partial charge on any atom is 0.233 e. The molecule has 0 fully saturated rings. The Morgan fingerprint density at radius 1 is 1.55 bits per heavy atom. The average molecular weight is 312 g/mol. The summed E-state index contributed by atoms with van der Waals surface area (Å²) in [7, 11) is 1.75. The number of H-pyrrole nitrogens is 1. The number of hydrogen-bond donors (Lipinski definition) is 2. The first-order valence-corrected chi connectivity index (χ1v) is 7.20. The molecule has 2 rings (SSSR count). The highest BCUT2D eigenvalue weighted by Gasteiger charge is 2.11. The fourth-order valence-electron chi connectivity index (χ4n) is 1.56. The number of hydrogen-bond acceptors (Lipinski definition) is 5. The van der Waals surface area contributed by atoms with E-state index in [4.69, 9.17) is 17.3 Å². The number of benzene rings is 1. The van der Waals surface area contributed by atoms with Crippen molar-refractivity contribution >= 4 is 35.2 Å². The third kappa shape index (κ3) is 4.14. The summed E-state index contributed by atoms with van der Waals surface area (Å²) >= 11 is 7.15. The number of aromatic amines is 1. The average Bonchev–Trinajstić information content (AvgIpc) is 2.81. The standard InChI is InChI=1S/C12H14ClN5OS/c1-18(6-8-3-2-4-9(13)5-8)10(19)7-20-12-15-11(14)16-17-12/h2-5H,6-7H2,1H3,(H3,14,15,16,17). The molecule has 1 amide bonds. The number of thioether (sulfide) groups is 1. The highest BCUT2D eigenvalue weighted by Crippen LogP contribution is 2.15. The maximum atomic E-state index is 12.0. The predicted octanol–water partition coefficient (Wildman–Crippen LogP) is 1.79. The molecule has 0 atom stereocenters. The van der Waals surface area contributed by atoms with Crippen LogP contribution in [0.5, 0.6) is 0 Å². The van der Waals surface area contributed by atoms with Crippen molar-refractivity contribution in [2.45, 2.75) is 11.7 Å². The first-order valence-electron chi connectivity index (χ1n) is 5.83. The number of anilines is 1. The van der Waals surface area contributed by atoms with Gasteiger partial charge in [-0.15, -0.1) is 5.10 Å². The van der Waals surface area contributed by atoms with Crippen LogP contribution in [0.3, 0.4) is 0 Å². The predicted molar refractivity (Wildman–Crippen MR) is 79.4 cm³/mol. The number of nitrogens with one attached hydrogen (secondary N) is 1. The molecule has 0 spiro atoms. The molecule has 0 unspecified atom stereocenters. The smallest absolute Gasteiger partial charge is 0.233 e. The zero-order valence-corrected chi connectivity index (χ0v) is 12.4. The summed E-state index contributed by atoms with van der Waals surface area (Å²) in [6.45, 7) is 0.510. The van der Waals surface area contributed by atoms with E-state index in [9.17, 15) is 4.79 Å². The number of halogens is 1. The van der Waals surface area contributed by atoms with Gasteiger partial charge in [0, 0.05) is 18.6 Å². The molecular weight excluding hydrogens is 298 g/mol. The van der Waals surface area contributed by atoms with Crippen LogP contribution in [0.2, 0.25) is 5.02 Å². The van der Waals surface area contributed by atoms with Gasteiger partial charge in [0.2, 0.25) is 17.0 Å². The lowest BCUT2D eigenvalue weighted by Gasteiger charge is -2.16. The van der Waals surface area contributed by atoms with Crippen molar-refractivity contribution in [2.24, 2.45) is 0 Å². The van der Waals surface area contributed by atoms with Gasteiger partial charge in [-0.3, -0.25) is 4.79 Å². The Hall–Kier alpha value is -1.73. The molecule has 0 saturated carbocycles. The molecule has 0 aliphatic rings. The van der Waals surface area contributed by atoms with E-state index in [0.29, 0.717) is 16.7 Å². The van der Waals surface area contributed by atoms with Crippen LogP contribution in [-0.2, 0) is 11.3 Å². The van der Waals surface area contributed by atoms with E-state index >= 15 is 0 Å². The van der Waals surface area contributed by atoms with E-state index in [-0.39, 0.29) is 17.6 Å². The largest absolute Gasteiger partial charge is 0.368 e. The minimum atomic E-state index is -0.0154. The first kappa shape index (κ1) is 14.7. The molecule has 8 heteroatoms. The second kappa shape index (κ2) is 6.62. The third-order valence-electron chi connectivity index (χ3n) is 2.54. The zero-order chi connectivity index (χ0) is 14.5. The highest BCUT2D eigenvalue weighted by atomic mass is 35.5. The number of nitrogens with zero attached hydrogens (tertiary/aromatic N) is 3. The Morgan fingerprint density at radius 2 is 2.35 bits per heavy atom. The fraction of sp³-hybridized carbons (Fsp3) is 0.250. The number of carbonyl (C=O) groups is 1. The van der Waals surface area contributed by atoms with E-state index < -0.39 is 0 Å². The number of amides is 1. The van der Waals surface area contributed by atoms with Crippen molar-refractivity contribution in [3.05, 3.63) is 34.9 Å². The zero-order valence-electron chi connectivity index (χ0n) is 10.8. The molecule has 1 aromatic heterocycles. The van der Waals surface area contributed by atoms with Crippen molar-refractivity contribution in [3.63, 3.8) is 0 Å². The van der Waals surface area contributed by atoms with Gasteiger partial charge in [-0.1, -0.05) is 35.5 Å². The molecular formula is C12H14ClN5OS. The topological polar surface area (TPSA) is 87.9 Å². The lowest BCUT2D eigenvalue weighted by atomic mass is 10.2. The van der Waals surface area contributed by atoms with Gasteiger partial charge in [-0.2, -0.15) is 4.98 Å². The van der Waals surface area contributed by atoms with Gasteiger partial charge in [-0.25, -0.2) is 5.10 Å². The van der Waals surface area contributed by atoms with Gasteiger partial charge >= 0.3 is 0 Å². The minimum absolute atomic E-state index is 0.0154. The summed E-state index contributed by atoms with van der Waals surface area (Å²) in [6.07, 6.45) is 0.